The average Bonchev–Trinajstić information content (AvgIpc) is 2.47. The summed E-state index contributed by atoms with van der Waals surface area (Å²) in [7, 11) is 1.26. The topological polar surface area (TPSA) is 83.9 Å². The number of carboxylic acid groups (broad SMARTS) is 1. The lowest BCUT2D eigenvalue weighted by molar-refractivity contribution is -0.147. The van der Waals surface area contributed by atoms with Crippen LogP contribution in [-0.4, -0.2) is 41.5 Å². The Labute approximate surface area is 123 Å². The minimum Gasteiger partial charge on any atom is -0.481 e. The minimum atomic E-state index is -0.939. The van der Waals surface area contributed by atoms with E-state index >= 15 is 0 Å². The summed E-state index contributed by atoms with van der Waals surface area (Å²) in [5.41, 5.74) is 0.896. The third-order valence-corrected chi connectivity index (χ3v) is 2.90. The number of carbonyl (C=O) groups excluding carboxylic acids is 2. The van der Waals surface area contributed by atoms with Gasteiger partial charge >= 0.3 is 11.9 Å². The lowest BCUT2D eigenvalue weighted by atomic mass is 10.2. The third-order valence-electron chi connectivity index (χ3n) is 2.90. The average molecular weight is 293 g/mol. The first-order chi connectivity index (χ1) is 10.0. The fraction of sp³-hybridized carbons (Fsp3) is 0.400. The summed E-state index contributed by atoms with van der Waals surface area (Å²) in [6, 6.07) is 9.27. The number of rotatable bonds is 8. The van der Waals surface area contributed by atoms with E-state index < -0.39 is 11.9 Å². The molecule has 1 amide bonds. The van der Waals surface area contributed by atoms with Gasteiger partial charge in [0.15, 0.2) is 0 Å². The maximum Gasteiger partial charge on any atom is 0.325 e. The quantitative estimate of drug-likeness (QED) is 0.733. The van der Waals surface area contributed by atoms with Crippen LogP contribution in [0.5, 0.6) is 0 Å². The standard InChI is InChI=1S/C15H19NO5/c1-21-15(20)11-16(10-12-6-3-2-4-7-12)13(17)8-5-9-14(18)19/h2-4,6-7H,5,8-11H2,1H3,(H,18,19). The number of hydrogen-bond acceptors (Lipinski definition) is 4. The van der Waals surface area contributed by atoms with Crippen molar-refractivity contribution in [3.05, 3.63) is 35.9 Å². The van der Waals surface area contributed by atoms with Gasteiger partial charge < -0.3 is 14.7 Å². The van der Waals surface area contributed by atoms with E-state index in [4.69, 9.17) is 5.11 Å². The van der Waals surface area contributed by atoms with Crippen molar-refractivity contribution >= 4 is 17.8 Å². The van der Waals surface area contributed by atoms with Crippen LogP contribution >= 0.6 is 0 Å². The van der Waals surface area contributed by atoms with Crippen LogP contribution in [0.3, 0.4) is 0 Å². The molecule has 1 rings (SSSR count). The largest absolute Gasteiger partial charge is 0.481 e. The van der Waals surface area contributed by atoms with Crippen molar-refractivity contribution < 1.29 is 24.2 Å². The zero-order chi connectivity index (χ0) is 15.7. The number of amides is 1. The van der Waals surface area contributed by atoms with Crippen LogP contribution in [0.25, 0.3) is 0 Å². The van der Waals surface area contributed by atoms with Gasteiger partial charge in [-0.2, -0.15) is 0 Å². The second-order valence-electron chi connectivity index (χ2n) is 4.56. The number of benzene rings is 1. The van der Waals surface area contributed by atoms with E-state index in [0.29, 0.717) is 6.54 Å². The fourth-order valence-electron chi connectivity index (χ4n) is 1.81. The van der Waals surface area contributed by atoms with E-state index in [-0.39, 0.29) is 31.7 Å². The highest BCUT2D eigenvalue weighted by Crippen LogP contribution is 2.08. The van der Waals surface area contributed by atoms with Crippen molar-refractivity contribution in [3.63, 3.8) is 0 Å². The lowest BCUT2D eigenvalue weighted by Gasteiger charge is -2.21. The number of carboxylic acids is 1. The van der Waals surface area contributed by atoms with Crippen molar-refractivity contribution in [2.45, 2.75) is 25.8 Å². The molecular formula is C15H19NO5. The van der Waals surface area contributed by atoms with Crippen molar-refractivity contribution in [2.24, 2.45) is 0 Å². The molecule has 6 nitrogen and oxygen atoms in total. The van der Waals surface area contributed by atoms with Crippen LogP contribution in [0.4, 0.5) is 0 Å². The summed E-state index contributed by atoms with van der Waals surface area (Å²) in [6.45, 7) is 0.152. The summed E-state index contributed by atoms with van der Waals surface area (Å²) in [5.74, 6) is -1.70. The molecule has 1 aromatic rings. The SMILES string of the molecule is COC(=O)CN(Cc1ccccc1)C(=O)CCCC(=O)O. The molecule has 1 N–H and O–H groups in total. The molecule has 6 heteroatoms. The predicted octanol–water partition coefficient (Wildman–Crippen LogP) is 1.44. The molecule has 0 saturated heterocycles. The van der Waals surface area contributed by atoms with Gasteiger partial charge in [0.1, 0.15) is 6.54 Å². The molecule has 0 heterocycles. The first kappa shape index (κ1) is 16.7. The molecule has 0 spiro atoms. The fourth-order valence-corrected chi connectivity index (χ4v) is 1.81. The Morgan fingerprint density at radius 3 is 2.38 bits per heavy atom. The Morgan fingerprint density at radius 2 is 1.81 bits per heavy atom. The van der Waals surface area contributed by atoms with Gasteiger partial charge in [0.05, 0.1) is 7.11 Å². The Balaban J connectivity index is 2.65. The van der Waals surface area contributed by atoms with Crippen molar-refractivity contribution in [3.8, 4) is 0 Å². The van der Waals surface area contributed by atoms with E-state index in [0.717, 1.165) is 5.56 Å². The van der Waals surface area contributed by atoms with Gasteiger partial charge in [-0.15, -0.1) is 0 Å². The molecule has 0 bridgehead atoms. The van der Waals surface area contributed by atoms with Gasteiger partial charge in [-0.1, -0.05) is 30.3 Å². The van der Waals surface area contributed by atoms with Crippen LogP contribution in [0, 0.1) is 0 Å². The van der Waals surface area contributed by atoms with E-state index in [1.807, 2.05) is 30.3 Å². The highest BCUT2D eigenvalue weighted by molar-refractivity contribution is 5.82. The van der Waals surface area contributed by atoms with E-state index in [9.17, 15) is 14.4 Å². The van der Waals surface area contributed by atoms with Crippen LogP contribution < -0.4 is 0 Å². The molecule has 0 fully saturated rings. The molecule has 114 valence electrons. The molecule has 0 atom stereocenters. The van der Waals surface area contributed by atoms with Gasteiger partial charge in [0.25, 0.3) is 0 Å². The molecule has 0 aliphatic rings. The van der Waals surface area contributed by atoms with E-state index in [1.54, 1.807) is 0 Å². The molecule has 0 radical (unpaired) electrons. The summed E-state index contributed by atoms with van der Waals surface area (Å²) >= 11 is 0. The van der Waals surface area contributed by atoms with Gasteiger partial charge in [-0.25, -0.2) is 0 Å². The highest BCUT2D eigenvalue weighted by Gasteiger charge is 2.18. The number of ether oxygens (including phenoxy) is 1. The molecule has 0 aromatic heterocycles. The zero-order valence-corrected chi connectivity index (χ0v) is 11.9. The van der Waals surface area contributed by atoms with Gasteiger partial charge in [-0.3, -0.25) is 14.4 Å². The van der Waals surface area contributed by atoms with Crippen molar-refractivity contribution in [1.29, 1.82) is 0 Å². The molecule has 0 aliphatic carbocycles. The molecular weight excluding hydrogens is 274 g/mol. The van der Waals surface area contributed by atoms with E-state index in [2.05, 4.69) is 4.74 Å². The number of esters is 1. The summed E-state index contributed by atoms with van der Waals surface area (Å²) < 4.78 is 4.58. The Hall–Kier alpha value is -2.37. The first-order valence-corrected chi connectivity index (χ1v) is 6.63. The maximum absolute atomic E-state index is 12.1. The predicted molar refractivity (Wildman–Crippen MR) is 75.4 cm³/mol. The van der Waals surface area contributed by atoms with Crippen molar-refractivity contribution in [1.82, 2.24) is 4.90 Å². The monoisotopic (exact) mass is 293 g/mol. The van der Waals surface area contributed by atoms with Crippen LogP contribution in [0.2, 0.25) is 0 Å². The maximum atomic E-state index is 12.1. The molecule has 0 saturated carbocycles. The summed E-state index contributed by atoms with van der Waals surface area (Å²) in [6.07, 6.45) is 0.278. The van der Waals surface area contributed by atoms with Gasteiger partial charge in [0, 0.05) is 19.4 Å². The first-order valence-electron chi connectivity index (χ1n) is 6.63. The van der Waals surface area contributed by atoms with Crippen LogP contribution in [-0.2, 0) is 25.7 Å². The molecule has 1 aromatic carbocycles. The number of aliphatic carboxylic acids is 1. The third kappa shape index (κ3) is 6.56. The van der Waals surface area contributed by atoms with Gasteiger partial charge in [0.2, 0.25) is 5.91 Å². The zero-order valence-electron chi connectivity index (χ0n) is 11.9. The van der Waals surface area contributed by atoms with E-state index in [1.165, 1.54) is 12.0 Å². The lowest BCUT2D eigenvalue weighted by Crippen LogP contribution is -2.35. The second kappa shape index (κ2) is 8.73. The number of nitrogens with zero attached hydrogens (tertiary/aromatic N) is 1. The Kier molecular flexibility index (Phi) is 6.94. The van der Waals surface area contributed by atoms with Crippen LogP contribution in [0.15, 0.2) is 30.3 Å². The number of hydrogen-bond donors (Lipinski definition) is 1. The second-order valence-corrected chi connectivity index (χ2v) is 4.56. The Bertz CT molecular complexity index is 486. The summed E-state index contributed by atoms with van der Waals surface area (Å²) in [4.78, 5) is 35.3. The smallest absolute Gasteiger partial charge is 0.325 e. The highest BCUT2D eigenvalue weighted by atomic mass is 16.5. The van der Waals surface area contributed by atoms with Gasteiger partial charge in [-0.05, 0) is 12.0 Å². The Morgan fingerprint density at radius 1 is 1.14 bits per heavy atom. The molecule has 0 unspecified atom stereocenters. The van der Waals surface area contributed by atoms with Crippen molar-refractivity contribution in [2.75, 3.05) is 13.7 Å². The molecule has 0 aliphatic heterocycles. The number of methoxy groups -OCH3 is 1. The normalized spacial score (nSPS) is 9.95. The number of carbonyl (C=O) groups is 3. The minimum absolute atomic E-state index is 0.0663. The summed E-state index contributed by atoms with van der Waals surface area (Å²) in [5, 5.41) is 8.58. The van der Waals surface area contributed by atoms with Crippen LogP contribution in [0.1, 0.15) is 24.8 Å². The molecule has 21 heavy (non-hydrogen) atoms.